The lowest BCUT2D eigenvalue weighted by molar-refractivity contribution is 0.0698. The van der Waals surface area contributed by atoms with Gasteiger partial charge in [-0.05, 0) is 43.9 Å². The molecule has 1 fully saturated rings. The minimum absolute atomic E-state index is 0.148. The number of aryl methyl sites for hydroxylation is 1. The van der Waals surface area contributed by atoms with Crippen LogP contribution in [0.2, 0.25) is 0 Å². The smallest absolute Gasteiger partial charge is 0.337 e. The van der Waals surface area contributed by atoms with Gasteiger partial charge in [-0.25, -0.2) is 4.79 Å². The van der Waals surface area contributed by atoms with E-state index in [4.69, 9.17) is 15.6 Å². The highest BCUT2D eigenvalue weighted by Gasteiger charge is 2.27. The van der Waals surface area contributed by atoms with E-state index in [2.05, 4.69) is 5.32 Å². The molecule has 0 saturated heterocycles. The van der Waals surface area contributed by atoms with Gasteiger partial charge in [-0.2, -0.15) is 0 Å². The van der Waals surface area contributed by atoms with Crippen LogP contribution in [0.1, 0.15) is 35.2 Å². The van der Waals surface area contributed by atoms with E-state index >= 15 is 0 Å². The van der Waals surface area contributed by atoms with Gasteiger partial charge in [0.25, 0.3) is 0 Å². The summed E-state index contributed by atoms with van der Waals surface area (Å²) >= 11 is 0. The van der Waals surface area contributed by atoms with Crippen molar-refractivity contribution in [2.75, 3.05) is 18.2 Å². The number of nitrogens with two attached hydrogens (primary N) is 1. The maximum atomic E-state index is 11.2. The molecule has 19 heavy (non-hydrogen) atoms. The average Bonchev–Trinajstić information content (AvgIpc) is 2.80. The number of carboxylic acids is 1. The van der Waals surface area contributed by atoms with E-state index < -0.39 is 5.97 Å². The van der Waals surface area contributed by atoms with Crippen molar-refractivity contribution in [3.05, 3.63) is 23.3 Å². The molecule has 0 aromatic heterocycles. The van der Waals surface area contributed by atoms with Crippen LogP contribution < -0.4 is 11.1 Å². The molecule has 5 nitrogen and oxygen atoms in total. The molecule has 2 unspecified atom stereocenters. The van der Waals surface area contributed by atoms with Crippen LogP contribution in [0.3, 0.4) is 0 Å². The maximum Gasteiger partial charge on any atom is 0.337 e. The Bertz CT molecular complexity index is 488. The lowest BCUT2D eigenvalue weighted by Crippen LogP contribution is -2.29. The molecule has 1 aromatic carbocycles. The van der Waals surface area contributed by atoms with Crippen molar-refractivity contribution >= 4 is 17.3 Å². The number of hydrogen-bond donors (Lipinski definition) is 3. The summed E-state index contributed by atoms with van der Waals surface area (Å²) in [6, 6.07) is 3.71. The fraction of sp³-hybridized carbons (Fsp3) is 0.500. The Labute approximate surface area is 112 Å². The predicted molar refractivity (Wildman–Crippen MR) is 74.6 cm³/mol. The fourth-order valence-corrected chi connectivity index (χ4v) is 2.65. The van der Waals surface area contributed by atoms with E-state index in [-0.39, 0.29) is 17.7 Å². The number of nitrogen functional groups attached to an aromatic ring is 1. The average molecular weight is 264 g/mol. The van der Waals surface area contributed by atoms with Crippen molar-refractivity contribution in [2.24, 2.45) is 0 Å². The predicted octanol–water partition coefficient (Wildman–Crippen LogP) is 2.25. The quantitative estimate of drug-likeness (QED) is 0.726. The van der Waals surface area contributed by atoms with Crippen molar-refractivity contribution in [3.63, 3.8) is 0 Å². The highest BCUT2D eigenvalue weighted by molar-refractivity contribution is 5.95. The number of aromatic carboxylic acids is 1. The zero-order valence-electron chi connectivity index (χ0n) is 11.3. The van der Waals surface area contributed by atoms with Crippen molar-refractivity contribution in [1.29, 1.82) is 0 Å². The highest BCUT2D eigenvalue weighted by Crippen LogP contribution is 2.28. The third-order valence-electron chi connectivity index (χ3n) is 3.72. The number of ether oxygens (including phenoxy) is 1. The number of anilines is 2. The molecule has 1 aliphatic carbocycles. The number of nitrogens with one attached hydrogen (secondary N) is 1. The SMILES string of the molecule is COC1CCCC1Nc1cc(C)c(N)c(C(=O)O)c1. The molecule has 0 heterocycles. The molecule has 0 amide bonds. The monoisotopic (exact) mass is 264 g/mol. The van der Waals surface area contributed by atoms with Crippen molar-refractivity contribution in [1.82, 2.24) is 0 Å². The molecule has 0 radical (unpaired) electrons. The van der Waals surface area contributed by atoms with Crippen LogP contribution >= 0.6 is 0 Å². The van der Waals surface area contributed by atoms with Crippen LogP contribution in [-0.4, -0.2) is 30.3 Å². The molecular weight excluding hydrogens is 244 g/mol. The van der Waals surface area contributed by atoms with Crippen LogP contribution in [0.25, 0.3) is 0 Å². The van der Waals surface area contributed by atoms with E-state index in [1.807, 2.05) is 13.0 Å². The Morgan fingerprint density at radius 3 is 2.84 bits per heavy atom. The van der Waals surface area contributed by atoms with Gasteiger partial charge >= 0.3 is 5.97 Å². The zero-order valence-corrected chi connectivity index (χ0v) is 11.3. The molecule has 0 spiro atoms. The number of carboxylic acid groups (broad SMARTS) is 1. The number of carbonyl (C=O) groups is 1. The van der Waals surface area contributed by atoms with Gasteiger partial charge in [-0.3, -0.25) is 0 Å². The molecule has 1 aliphatic rings. The third-order valence-corrected chi connectivity index (χ3v) is 3.72. The van der Waals surface area contributed by atoms with Gasteiger partial charge in [-0.1, -0.05) is 0 Å². The minimum Gasteiger partial charge on any atom is -0.478 e. The van der Waals surface area contributed by atoms with Gasteiger partial charge in [-0.15, -0.1) is 0 Å². The lowest BCUT2D eigenvalue weighted by Gasteiger charge is -2.21. The molecular formula is C14H20N2O3. The number of rotatable bonds is 4. The van der Waals surface area contributed by atoms with Crippen LogP contribution in [0.5, 0.6) is 0 Å². The first-order valence-electron chi connectivity index (χ1n) is 6.45. The van der Waals surface area contributed by atoms with E-state index in [0.29, 0.717) is 5.69 Å². The molecule has 5 heteroatoms. The van der Waals surface area contributed by atoms with Gasteiger partial charge in [0.1, 0.15) is 0 Å². The Kier molecular flexibility index (Phi) is 3.95. The summed E-state index contributed by atoms with van der Waals surface area (Å²) < 4.78 is 5.42. The largest absolute Gasteiger partial charge is 0.478 e. The summed E-state index contributed by atoms with van der Waals surface area (Å²) in [5, 5.41) is 12.5. The highest BCUT2D eigenvalue weighted by atomic mass is 16.5. The minimum atomic E-state index is -1.00. The van der Waals surface area contributed by atoms with E-state index in [1.54, 1.807) is 13.2 Å². The summed E-state index contributed by atoms with van der Waals surface area (Å²) in [4.78, 5) is 11.2. The van der Waals surface area contributed by atoms with Crippen molar-refractivity contribution < 1.29 is 14.6 Å². The van der Waals surface area contributed by atoms with E-state index in [1.165, 1.54) is 0 Å². The summed E-state index contributed by atoms with van der Waals surface area (Å²) in [6.07, 6.45) is 3.37. The van der Waals surface area contributed by atoms with Gasteiger partial charge in [0.05, 0.1) is 17.7 Å². The normalized spacial score (nSPS) is 22.4. The second-order valence-corrected chi connectivity index (χ2v) is 5.02. The first-order chi connectivity index (χ1) is 9.02. The second-order valence-electron chi connectivity index (χ2n) is 5.02. The van der Waals surface area contributed by atoms with Crippen molar-refractivity contribution in [3.8, 4) is 0 Å². The topological polar surface area (TPSA) is 84.6 Å². The van der Waals surface area contributed by atoms with Gasteiger partial charge in [0.15, 0.2) is 0 Å². The molecule has 0 bridgehead atoms. The van der Waals surface area contributed by atoms with Crippen LogP contribution in [-0.2, 0) is 4.74 Å². The Morgan fingerprint density at radius 2 is 2.21 bits per heavy atom. The third kappa shape index (κ3) is 2.81. The van der Waals surface area contributed by atoms with Crippen LogP contribution in [0, 0.1) is 6.92 Å². The maximum absolute atomic E-state index is 11.2. The Morgan fingerprint density at radius 1 is 1.47 bits per heavy atom. The van der Waals surface area contributed by atoms with Gasteiger partial charge in [0, 0.05) is 18.5 Å². The summed E-state index contributed by atoms with van der Waals surface area (Å²) in [5.74, 6) is -1.00. The molecule has 1 aromatic rings. The molecule has 1 saturated carbocycles. The summed E-state index contributed by atoms with van der Waals surface area (Å²) in [6.45, 7) is 1.81. The molecule has 2 atom stereocenters. The van der Waals surface area contributed by atoms with Crippen LogP contribution in [0.15, 0.2) is 12.1 Å². The summed E-state index contributed by atoms with van der Waals surface area (Å²) in [7, 11) is 1.71. The molecule has 0 aliphatic heterocycles. The fourth-order valence-electron chi connectivity index (χ4n) is 2.65. The van der Waals surface area contributed by atoms with Gasteiger partial charge in [0.2, 0.25) is 0 Å². The molecule has 4 N–H and O–H groups in total. The van der Waals surface area contributed by atoms with E-state index in [0.717, 1.165) is 30.5 Å². The summed E-state index contributed by atoms with van der Waals surface area (Å²) in [5.41, 5.74) is 7.82. The molecule has 2 rings (SSSR count). The van der Waals surface area contributed by atoms with E-state index in [9.17, 15) is 4.79 Å². The Balaban J connectivity index is 2.23. The first-order valence-corrected chi connectivity index (χ1v) is 6.45. The van der Waals surface area contributed by atoms with Crippen molar-refractivity contribution in [2.45, 2.75) is 38.3 Å². The van der Waals surface area contributed by atoms with Crippen LogP contribution in [0.4, 0.5) is 11.4 Å². The Hall–Kier alpha value is -1.75. The number of hydrogen-bond acceptors (Lipinski definition) is 4. The number of benzene rings is 1. The molecule has 104 valence electrons. The second kappa shape index (κ2) is 5.48. The number of methoxy groups -OCH3 is 1. The van der Waals surface area contributed by atoms with Gasteiger partial charge < -0.3 is 20.9 Å². The standard InChI is InChI=1S/C14H20N2O3/c1-8-6-9(7-10(13(8)15)14(17)18)16-11-4-3-5-12(11)19-2/h6-7,11-12,16H,3-5,15H2,1-2H3,(H,17,18). The zero-order chi connectivity index (χ0) is 14.0. The first kappa shape index (κ1) is 13.7. The lowest BCUT2D eigenvalue weighted by atomic mass is 10.1.